The first-order chi connectivity index (χ1) is 8.72. The van der Waals surface area contributed by atoms with Crippen molar-refractivity contribution in [1.82, 2.24) is 0 Å². The first kappa shape index (κ1) is 12.6. The molecule has 0 heterocycles. The lowest BCUT2D eigenvalue weighted by molar-refractivity contribution is -0.384. The highest BCUT2D eigenvalue weighted by Crippen LogP contribution is 2.36. The Morgan fingerprint density at radius 3 is 2.67 bits per heavy atom. The number of benzene rings is 1. The molecule has 1 saturated carbocycles. The maximum Gasteiger partial charge on any atom is 0.269 e. The second-order valence-electron chi connectivity index (χ2n) is 4.86. The molecule has 18 heavy (non-hydrogen) atoms. The lowest BCUT2D eigenvalue weighted by Gasteiger charge is -2.25. The van der Waals surface area contributed by atoms with Gasteiger partial charge in [0.2, 0.25) is 0 Å². The summed E-state index contributed by atoms with van der Waals surface area (Å²) in [4.78, 5) is 10.4. The van der Waals surface area contributed by atoms with Crippen LogP contribution in [0.5, 0.6) is 0 Å². The Hall–Kier alpha value is -1.89. The zero-order valence-electron chi connectivity index (χ0n) is 10.2. The molecule has 2 rings (SSSR count). The Bertz CT molecular complexity index is 473. The van der Waals surface area contributed by atoms with E-state index in [0.717, 1.165) is 31.2 Å². The Kier molecular flexibility index (Phi) is 3.93. The topological polar surface area (TPSA) is 66.9 Å². The van der Waals surface area contributed by atoms with Crippen molar-refractivity contribution in [2.75, 3.05) is 0 Å². The summed E-state index contributed by atoms with van der Waals surface area (Å²) in [5.41, 5.74) is 0.863. The van der Waals surface area contributed by atoms with Gasteiger partial charge in [0.05, 0.1) is 16.9 Å². The Morgan fingerprint density at radius 1 is 1.33 bits per heavy atom. The molecule has 0 amide bonds. The molecule has 0 saturated heterocycles. The summed E-state index contributed by atoms with van der Waals surface area (Å²) in [6.07, 6.45) is 5.68. The molecule has 1 aromatic rings. The Balaban J connectivity index is 2.24. The van der Waals surface area contributed by atoms with Crippen molar-refractivity contribution in [3.8, 4) is 6.07 Å². The standard InChI is InChI=1S/C14H16N2O2/c15-10-14(11-5-2-1-3-6-11)12-7-4-8-13(9-12)16(17)18/h4,7-9,11,14H,1-3,5-6H2. The average molecular weight is 244 g/mol. The van der Waals surface area contributed by atoms with Crippen LogP contribution in [0.4, 0.5) is 5.69 Å². The largest absolute Gasteiger partial charge is 0.269 e. The van der Waals surface area contributed by atoms with E-state index in [4.69, 9.17) is 0 Å². The molecule has 1 fully saturated rings. The van der Waals surface area contributed by atoms with E-state index in [1.165, 1.54) is 12.5 Å². The van der Waals surface area contributed by atoms with Crippen molar-refractivity contribution in [1.29, 1.82) is 5.26 Å². The maximum atomic E-state index is 10.8. The highest BCUT2D eigenvalue weighted by Gasteiger charge is 2.25. The Morgan fingerprint density at radius 2 is 2.06 bits per heavy atom. The smallest absolute Gasteiger partial charge is 0.258 e. The van der Waals surface area contributed by atoms with Gasteiger partial charge in [0, 0.05) is 12.1 Å². The zero-order valence-corrected chi connectivity index (χ0v) is 10.2. The van der Waals surface area contributed by atoms with Crippen molar-refractivity contribution in [3.05, 3.63) is 39.9 Å². The number of rotatable bonds is 3. The van der Waals surface area contributed by atoms with Crippen LogP contribution in [0.3, 0.4) is 0 Å². The second kappa shape index (κ2) is 5.63. The molecule has 1 aromatic carbocycles. The predicted molar refractivity (Wildman–Crippen MR) is 68.0 cm³/mol. The number of nitro groups is 1. The van der Waals surface area contributed by atoms with E-state index in [1.807, 2.05) is 6.07 Å². The van der Waals surface area contributed by atoms with Gasteiger partial charge in [-0.1, -0.05) is 31.4 Å². The van der Waals surface area contributed by atoms with Gasteiger partial charge >= 0.3 is 0 Å². The number of non-ortho nitro benzene ring substituents is 1. The number of nitriles is 1. The second-order valence-corrected chi connectivity index (χ2v) is 4.86. The summed E-state index contributed by atoms with van der Waals surface area (Å²) < 4.78 is 0. The molecule has 0 aliphatic heterocycles. The molecule has 0 N–H and O–H groups in total. The fraction of sp³-hybridized carbons (Fsp3) is 0.500. The number of hydrogen-bond acceptors (Lipinski definition) is 3. The zero-order chi connectivity index (χ0) is 13.0. The fourth-order valence-electron chi connectivity index (χ4n) is 2.75. The van der Waals surface area contributed by atoms with Gasteiger partial charge < -0.3 is 0 Å². The molecular formula is C14H16N2O2. The van der Waals surface area contributed by atoms with Crippen LogP contribution in [0, 0.1) is 27.4 Å². The molecule has 0 spiro atoms. The SMILES string of the molecule is N#CC(c1cccc([N+](=O)[O-])c1)C1CCCCC1. The lowest BCUT2D eigenvalue weighted by Crippen LogP contribution is -2.15. The molecular weight excluding hydrogens is 228 g/mol. The molecule has 4 heteroatoms. The minimum atomic E-state index is -0.404. The van der Waals surface area contributed by atoms with Crippen molar-refractivity contribution in [2.45, 2.75) is 38.0 Å². The summed E-state index contributed by atoms with van der Waals surface area (Å²) in [6.45, 7) is 0. The third-order valence-corrected chi connectivity index (χ3v) is 3.70. The van der Waals surface area contributed by atoms with Crippen LogP contribution in [0.15, 0.2) is 24.3 Å². The van der Waals surface area contributed by atoms with E-state index in [-0.39, 0.29) is 11.6 Å². The number of nitrogens with zero attached hydrogens (tertiary/aromatic N) is 2. The van der Waals surface area contributed by atoms with Crippen molar-refractivity contribution < 1.29 is 4.92 Å². The average Bonchev–Trinajstić information content (AvgIpc) is 2.41. The molecule has 1 atom stereocenters. The van der Waals surface area contributed by atoms with Crippen LogP contribution in [-0.4, -0.2) is 4.92 Å². The van der Waals surface area contributed by atoms with Gasteiger partial charge in [0.1, 0.15) is 0 Å². The van der Waals surface area contributed by atoms with Crippen molar-refractivity contribution in [2.24, 2.45) is 5.92 Å². The van der Waals surface area contributed by atoms with Crippen molar-refractivity contribution in [3.63, 3.8) is 0 Å². The summed E-state index contributed by atoms with van der Waals surface area (Å²) in [7, 11) is 0. The summed E-state index contributed by atoms with van der Waals surface area (Å²) in [5.74, 6) is 0.149. The van der Waals surface area contributed by atoms with Crippen LogP contribution in [0.1, 0.15) is 43.6 Å². The first-order valence-corrected chi connectivity index (χ1v) is 6.36. The maximum absolute atomic E-state index is 10.8. The monoisotopic (exact) mass is 244 g/mol. The molecule has 94 valence electrons. The van der Waals surface area contributed by atoms with E-state index in [2.05, 4.69) is 6.07 Å². The van der Waals surface area contributed by atoms with E-state index < -0.39 is 4.92 Å². The molecule has 0 radical (unpaired) electrons. The van der Waals surface area contributed by atoms with E-state index in [1.54, 1.807) is 12.1 Å². The molecule has 0 aromatic heterocycles. The van der Waals surface area contributed by atoms with Crippen LogP contribution in [-0.2, 0) is 0 Å². The van der Waals surface area contributed by atoms with Crippen LogP contribution >= 0.6 is 0 Å². The molecule has 0 bridgehead atoms. The number of hydrogen-bond donors (Lipinski definition) is 0. The minimum absolute atomic E-state index is 0.0727. The summed E-state index contributed by atoms with van der Waals surface area (Å²) in [6, 6.07) is 8.84. The van der Waals surface area contributed by atoms with Gasteiger partial charge in [-0.2, -0.15) is 5.26 Å². The minimum Gasteiger partial charge on any atom is -0.258 e. The van der Waals surface area contributed by atoms with Gasteiger partial charge in [-0.05, 0) is 24.3 Å². The Labute approximate surface area is 106 Å². The molecule has 4 nitrogen and oxygen atoms in total. The summed E-state index contributed by atoms with van der Waals surface area (Å²) in [5, 5.41) is 20.1. The fourth-order valence-corrected chi connectivity index (χ4v) is 2.75. The first-order valence-electron chi connectivity index (χ1n) is 6.36. The van der Waals surface area contributed by atoms with Gasteiger partial charge in [0.15, 0.2) is 0 Å². The van der Waals surface area contributed by atoms with E-state index in [0.29, 0.717) is 5.92 Å². The molecule has 1 aliphatic carbocycles. The third kappa shape index (κ3) is 2.67. The van der Waals surface area contributed by atoms with Gasteiger partial charge in [-0.3, -0.25) is 10.1 Å². The molecule has 1 unspecified atom stereocenters. The van der Waals surface area contributed by atoms with Gasteiger partial charge in [-0.25, -0.2) is 0 Å². The van der Waals surface area contributed by atoms with Crippen LogP contribution in [0.25, 0.3) is 0 Å². The van der Waals surface area contributed by atoms with Crippen LogP contribution in [0.2, 0.25) is 0 Å². The van der Waals surface area contributed by atoms with Gasteiger partial charge in [0.25, 0.3) is 5.69 Å². The normalized spacial score (nSPS) is 17.9. The highest BCUT2D eigenvalue weighted by atomic mass is 16.6. The van der Waals surface area contributed by atoms with Crippen molar-refractivity contribution >= 4 is 5.69 Å². The third-order valence-electron chi connectivity index (χ3n) is 3.70. The highest BCUT2D eigenvalue weighted by molar-refractivity contribution is 5.38. The molecule has 1 aliphatic rings. The summed E-state index contributed by atoms with van der Waals surface area (Å²) >= 11 is 0. The van der Waals surface area contributed by atoms with E-state index in [9.17, 15) is 15.4 Å². The predicted octanol–water partition coefficient (Wildman–Crippen LogP) is 3.78. The quantitative estimate of drug-likeness (QED) is 0.600. The van der Waals surface area contributed by atoms with Crippen LogP contribution < -0.4 is 0 Å². The van der Waals surface area contributed by atoms with Gasteiger partial charge in [-0.15, -0.1) is 0 Å². The lowest BCUT2D eigenvalue weighted by atomic mass is 9.77. The number of nitro benzene ring substituents is 1. The van der Waals surface area contributed by atoms with E-state index >= 15 is 0 Å².